The van der Waals surface area contributed by atoms with Crippen LogP contribution >= 0.6 is 0 Å². The number of para-hydroxylation sites is 1. The van der Waals surface area contributed by atoms with E-state index in [2.05, 4.69) is 66.4 Å². The van der Waals surface area contributed by atoms with Gasteiger partial charge in [-0.05, 0) is 25.0 Å². The van der Waals surface area contributed by atoms with E-state index < -0.39 is 0 Å². The van der Waals surface area contributed by atoms with Gasteiger partial charge in [0.2, 0.25) is 0 Å². The van der Waals surface area contributed by atoms with E-state index in [-0.39, 0.29) is 0 Å². The highest BCUT2D eigenvalue weighted by Gasteiger charge is 2.24. The van der Waals surface area contributed by atoms with E-state index in [0.717, 1.165) is 13.0 Å². The molecule has 16 heavy (non-hydrogen) atoms. The molecule has 1 unspecified atom stereocenters. The Morgan fingerprint density at radius 2 is 1.81 bits per heavy atom. The molecular formula is C14H20N2. The van der Waals surface area contributed by atoms with Crippen LogP contribution in [0.4, 0.5) is 5.69 Å². The summed E-state index contributed by atoms with van der Waals surface area (Å²) in [6.45, 7) is 5.61. The molecule has 86 valence electrons. The summed E-state index contributed by atoms with van der Waals surface area (Å²) in [6, 6.07) is 10.6. The van der Waals surface area contributed by atoms with Gasteiger partial charge in [-0.25, -0.2) is 0 Å². The number of rotatable bonds is 4. The third-order valence-corrected chi connectivity index (χ3v) is 3.02. The summed E-state index contributed by atoms with van der Waals surface area (Å²) >= 11 is 0. The van der Waals surface area contributed by atoms with Gasteiger partial charge in [0.15, 0.2) is 0 Å². The lowest BCUT2D eigenvalue weighted by atomic mass is 10.2. The predicted molar refractivity (Wildman–Crippen MR) is 69.1 cm³/mol. The minimum atomic E-state index is 0.488. The molecule has 1 aliphatic heterocycles. The molecule has 1 aromatic carbocycles. The van der Waals surface area contributed by atoms with Crippen molar-refractivity contribution < 1.29 is 0 Å². The molecule has 0 fully saturated rings. The molecule has 0 amide bonds. The minimum absolute atomic E-state index is 0.488. The van der Waals surface area contributed by atoms with Gasteiger partial charge in [-0.1, -0.05) is 32.0 Å². The van der Waals surface area contributed by atoms with E-state index in [0.29, 0.717) is 6.17 Å². The third kappa shape index (κ3) is 2.06. The lowest BCUT2D eigenvalue weighted by Crippen LogP contribution is -2.38. The van der Waals surface area contributed by atoms with E-state index in [4.69, 9.17) is 0 Å². The van der Waals surface area contributed by atoms with Crippen LogP contribution in [-0.4, -0.2) is 17.6 Å². The second-order valence-corrected chi connectivity index (χ2v) is 4.17. The molecule has 2 rings (SSSR count). The summed E-state index contributed by atoms with van der Waals surface area (Å²) in [6.07, 6.45) is 7.23. The van der Waals surface area contributed by atoms with Gasteiger partial charge in [0.1, 0.15) is 6.17 Å². The van der Waals surface area contributed by atoms with Crippen molar-refractivity contribution in [3.05, 3.63) is 42.7 Å². The topological polar surface area (TPSA) is 6.48 Å². The van der Waals surface area contributed by atoms with Crippen molar-refractivity contribution in [3.63, 3.8) is 0 Å². The van der Waals surface area contributed by atoms with Crippen LogP contribution < -0.4 is 4.90 Å². The van der Waals surface area contributed by atoms with Crippen molar-refractivity contribution in [1.29, 1.82) is 0 Å². The quantitative estimate of drug-likeness (QED) is 0.761. The zero-order chi connectivity index (χ0) is 11.4. The van der Waals surface area contributed by atoms with Crippen LogP contribution in [0.25, 0.3) is 0 Å². The molecule has 0 saturated heterocycles. The SMILES string of the molecule is CCCN1C=CN(c2ccccc2)C1CC. The molecular weight excluding hydrogens is 196 g/mol. The molecule has 2 nitrogen and oxygen atoms in total. The first-order valence-corrected chi connectivity index (χ1v) is 6.14. The maximum Gasteiger partial charge on any atom is 0.105 e. The van der Waals surface area contributed by atoms with Crippen LogP contribution in [0.15, 0.2) is 42.7 Å². The highest BCUT2D eigenvalue weighted by molar-refractivity contribution is 5.51. The fourth-order valence-corrected chi connectivity index (χ4v) is 2.29. The standard InChI is InChI=1S/C14H20N2/c1-3-10-15-11-12-16(14(15)4-2)13-8-6-5-7-9-13/h5-9,11-12,14H,3-4,10H2,1-2H3. The summed E-state index contributed by atoms with van der Waals surface area (Å²) < 4.78 is 0. The van der Waals surface area contributed by atoms with Gasteiger partial charge in [0.25, 0.3) is 0 Å². The van der Waals surface area contributed by atoms with Crippen molar-refractivity contribution in [2.75, 3.05) is 11.4 Å². The van der Waals surface area contributed by atoms with Crippen molar-refractivity contribution in [1.82, 2.24) is 4.90 Å². The Balaban J connectivity index is 2.15. The zero-order valence-corrected chi connectivity index (χ0v) is 10.1. The lowest BCUT2D eigenvalue weighted by molar-refractivity contribution is 0.293. The average Bonchev–Trinajstić information content (AvgIpc) is 2.73. The van der Waals surface area contributed by atoms with Gasteiger partial charge in [-0.2, -0.15) is 0 Å². The van der Waals surface area contributed by atoms with Crippen molar-refractivity contribution in [2.24, 2.45) is 0 Å². The number of benzene rings is 1. The van der Waals surface area contributed by atoms with Gasteiger partial charge < -0.3 is 9.80 Å². The molecule has 1 heterocycles. The molecule has 0 aromatic heterocycles. The Kier molecular flexibility index (Phi) is 3.50. The molecule has 0 saturated carbocycles. The number of hydrogen-bond donors (Lipinski definition) is 0. The van der Waals surface area contributed by atoms with Crippen LogP contribution in [0.2, 0.25) is 0 Å². The van der Waals surface area contributed by atoms with E-state index in [1.54, 1.807) is 0 Å². The highest BCUT2D eigenvalue weighted by Crippen LogP contribution is 2.25. The molecule has 0 bridgehead atoms. The van der Waals surface area contributed by atoms with Gasteiger partial charge in [-0.15, -0.1) is 0 Å². The number of anilines is 1. The Bertz CT molecular complexity index is 345. The lowest BCUT2D eigenvalue weighted by Gasteiger charge is -2.31. The van der Waals surface area contributed by atoms with Crippen LogP contribution in [0, 0.1) is 0 Å². The van der Waals surface area contributed by atoms with Crippen LogP contribution in [0.3, 0.4) is 0 Å². The Morgan fingerprint density at radius 1 is 1.06 bits per heavy atom. The van der Waals surface area contributed by atoms with E-state index in [9.17, 15) is 0 Å². The third-order valence-electron chi connectivity index (χ3n) is 3.02. The van der Waals surface area contributed by atoms with Crippen LogP contribution in [-0.2, 0) is 0 Å². The molecule has 2 heteroatoms. The van der Waals surface area contributed by atoms with Crippen LogP contribution in [0.1, 0.15) is 26.7 Å². The first-order valence-electron chi connectivity index (χ1n) is 6.14. The van der Waals surface area contributed by atoms with Gasteiger partial charge in [0.05, 0.1) is 0 Å². The number of hydrogen-bond acceptors (Lipinski definition) is 2. The maximum absolute atomic E-state index is 2.42. The highest BCUT2D eigenvalue weighted by atomic mass is 15.4. The normalized spacial score (nSPS) is 19.5. The smallest absolute Gasteiger partial charge is 0.105 e. The first-order chi connectivity index (χ1) is 7.86. The molecule has 1 aliphatic rings. The molecule has 1 aromatic rings. The van der Waals surface area contributed by atoms with Crippen LogP contribution in [0.5, 0.6) is 0 Å². The summed E-state index contributed by atoms with van der Waals surface area (Å²) in [5.74, 6) is 0. The molecule has 0 aliphatic carbocycles. The summed E-state index contributed by atoms with van der Waals surface area (Å²) in [5, 5.41) is 0. The summed E-state index contributed by atoms with van der Waals surface area (Å²) in [4.78, 5) is 4.78. The maximum atomic E-state index is 2.42. The number of nitrogens with zero attached hydrogens (tertiary/aromatic N) is 2. The Hall–Kier alpha value is -1.44. The molecule has 0 spiro atoms. The second-order valence-electron chi connectivity index (χ2n) is 4.17. The minimum Gasteiger partial charge on any atom is -0.356 e. The van der Waals surface area contributed by atoms with E-state index >= 15 is 0 Å². The fraction of sp³-hybridized carbons (Fsp3) is 0.429. The predicted octanol–water partition coefficient (Wildman–Crippen LogP) is 3.43. The van der Waals surface area contributed by atoms with Crippen molar-refractivity contribution in [3.8, 4) is 0 Å². The largest absolute Gasteiger partial charge is 0.356 e. The van der Waals surface area contributed by atoms with E-state index in [1.165, 1.54) is 12.1 Å². The molecule has 0 radical (unpaired) electrons. The molecule has 0 N–H and O–H groups in total. The first kappa shape index (κ1) is 11.1. The Morgan fingerprint density at radius 3 is 2.44 bits per heavy atom. The monoisotopic (exact) mass is 216 g/mol. The van der Waals surface area contributed by atoms with Gasteiger partial charge >= 0.3 is 0 Å². The summed E-state index contributed by atoms with van der Waals surface area (Å²) in [7, 11) is 0. The zero-order valence-electron chi connectivity index (χ0n) is 10.1. The van der Waals surface area contributed by atoms with Gasteiger partial charge in [0, 0.05) is 24.6 Å². The van der Waals surface area contributed by atoms with Gasteiger partial charge in [-0.3, -0.25) is 0 Å². The molecule has 1 atom stereocenters. The fourth-order valence-electron chi connectivity index (χ4n) is 2.29. The van der Waals surface area contributed by atoms with E-state index in [1.807, 2.05) is 0 Å². The second kappa shape index (κ2) is 5.06. The van der Waals surface area contributed by atoms with Crippen molar-refractivity contribution in [2.45, 2.75) is 32.9 Å². The summed E-state index contributed by atoms with van der Waals surface area (Å²) in [5.41, 5.74) is 1.28. The van der Waals surface area contributed by atoms with Crippen molar-refractivity contribution >= 4 is 5.69 Å². The average molecular weight is 216 g/mol. The Labute approximate surface area is 98.2 Å².